The Hall–Kier alpha value is -1.87. The number of nitrogens with zero attached hydrogens (tertiary/aromatic N) is 1. The van der Waals surface area contributed by atoms with Crippen molar-refractivity contribution in [3.63, 3.8) is 0 Å². The minimum atomic E-state index is -0.354. The molecule has 0 unspecified atom stereocenters. The van der Waals surface area contributed by atoms with Gasteiger partial charge in [-0.15, -0.1) is 0 Å². The number of benzene rings is 2. The van der Waals surface area contributed by atoms with E-state index in [9.17, 15) is 0 Å². The molecule has 5 heteroatoms. The lowest BCUT2D eigenvalue weighted by Crippen LogP contribution is -1.99. The third-order valence-corrected chi connectivity index (χ3v) is 3.77. The maximum atomic E-state index is 6.93. The molecule has 1 fully saturated rings. The van der Waals surface area contributed by atoms with E-state index in [0.29, 0.717) is 30.4 Å². The van der Waals surface area contributed by atoms with Gasteiger partial charge < -0.3 is 14.2 Å². The molecular formula is C16H12BrNO3. The zero-order chi connectivity index (χ0) is 14.7. The number of halogens is 1. The van der Waals surface area contributed by atoms with E-state index >= 15 is 0 Å². The summed E-state index contributed by atoms with van der Waals surface area (Å²) in [4.78, 5) is 3.35. The Labute approximate surface area is 131 Å². The second-order valence-corrected chi connectivity index (χ2v) is 5.32. The van der Waals surface area contributed by atoms with E-state index in [0.717, 1.165) is 10.0 Å². The molecule has 0 aromatic heterocycles. The van der Waals surface area contributed by atoms with E-state index in [1.165, 1.54) is 0 Å². The fourth-order valence-corrected chi connectivity index (χ4v) is 2.46. The van der Waals surface area contributed by atoms with Crippen LogP contribution in [-0.4, -0.2) is 13.2 Å². The highest BCUT2D eigenvalue weighted by Gasteiger charge is 2.21. The fraction of sp³-hybridized carbons (Fsp3) is 0.188. The van der Waals surface area contributed by atoms with Gasteiger partial charge in [0, 0.05) is 10.0 Å². The Morgan fingerprint density at radius 1 is 1.05 bits per heavy atom. The monoisotopic (exact) mass is 345 g/mol. The maximum Gasteiger partial charge on any atom is 0.187 e. The van der Waals surface area contributed by atoms with Crippen LogP contribution in [0.15, 0.2) is 46.9 Å². The normalized spacial score (nSPS) is 14.9. The van der Waals surface area contributed by atoms with Crippen LogP contribution in [0, 0.1) is 6.57 Å². The van der Waals surface area contributed by atoms with Crippen LogP contribution in [0.4, 0.5) is 5.69 Å². The van der Waals surface area contributed by atoms with Gasteiger partial charge in [-0.3, -0.25) is 0 Å². The molecule has 106 valence electrons. The van der Waals surface area contributed by atoms with Gasteiger partial charge in [-0.1, -0.05) is 28.1 Å². The highest BCUT2D eigenvalue weighted by atomic mass is 79.9. The lowest BCUT2D eigenvalue weighted by atomic mass is 10.2. The number of hydrogen-bond acceptors (Lipinski definition) is 3. The molecule has 0 atom stereocenters. The maximum absolute atomic E-state index is 6.93. The van der Waals surface area contributed by atoms with E-state index in [-0.39, 0.29) is 6.29 Å². The van der Waals surface area contributed by atoms with E-state index in [1.54, 1.807) is 24.3 Å². The van der Waals surface area contributed by atoms with Crippen molar-refractivity contribution in [1.29, 1.82) is 0 Å². The van der Waals surface area contributed by atoms with Crippen LogP contribution in [0.1, 0.15) is 11.9 Å². The van der Waals surface area contributed by atoms with Gasteiger partial charge in [-0.05, 0) is 30.3 Å². The van der Waals surface area contributed by atoms with Crippen molar-refractivity contribution in [3.8, 4) is 11.5 Å². The third kappa shape index (κ3) is 3.24. The highest BCUT2D eigenvalue weighted by Crippen LogP contribution is 2.34. The molecule has 0 bridgehead atoms. The van der Waals surface area contributed by atoms with Crippen LogP contribution in [0.3, 0.4) is 0 Å². The Balaban J connectivity index is 1.81. The largest absolute Gasteiger partial charge is 0.457 e. The van der Waals surface area contributed by atoms with Crippen LogP contribution in [0.5, 0.6) is 11.5 Å². The van der Waals surface area contributed by atoms with Crippen LogP contribution in [0.2, 0.25) is 0 Å². The van der Waals surface area contributed by atoms with E-state index < -0.39 is 0 Å². The summed E-state index contributed by atoms with van der Waals surface area (Å²) in [7, 11) is 0. The van der Waals surface area contributed by atoms with Crippen molar-refractivity contribution in [2.45, 2.75) is 6.29 Å². The summed E-state index contributed by atoms with van der Waals surface area (Å²) < 4.78 is 17.7. The van der Waals surface area contributed by atoms with Crippen LogP contribution >= 0.6 is 15.9 Å². The molecule has 0 amide bonds. The second kappa shape index (κ2) is 6.27. The van der Waals surface area contributed by atoms with Crippen molar-refractivity contribution in [2.75, 3.05) is 13.2 Å². The van der Waals surface area contributed by atoms with Gasteiger partial charge in [0.25, 0.3) is 0 Å². The first-order valence-corrected chi connectivity index (χ1v) is 7.23. The molecular weight excluding hydrogens is 334 g/mol. The predicted octanol–water partition coefficient (Wildman–Crippen LogP) is 4.84. The van der Waals surface area contributed by atoms with E-state index in [4.69, 9.17) is 20.8 Å². The zero-order valence-corrected chi connectivity index (χ0v) is 12.7. The Morgan fingerprint density at radius 2 is 1.71 bits per heavy atom. The number of ether oxygens (including phenoxy) is 3. The molecule has 21 heavy (non-hydrogen) atoms. The molecule has 4 nitrogen and oxygen atoms in total. The molecule has 1 aliphatic rings. The predicted molar refractivity (Wildman–Crippen MR) is 81.6 cm³/mol. The molecule has 0 saturated carbocycles. The van der Waals surface area contributed by atoms with Crippen molar-refractivity contribution in [2.24, 2.45) is 0 Å². The first kappa shape index (κ1) is 14.1. The van der Waals surface area contributed by atoms with Crippen molar-refractivity contribution >= 4 is 21.6 Å². The molecule has 0 spiro atoms. The topological polar surface area (TPSA) is 32.0 Å². The van der Waals surface area contributed by atoms with E-state index in [2.05, 4.69) is 20.8 Å². The molecule has 0 radical (unpaired) electrons. The van der Waals surface area contributed by atoms with Gasteiger partial charge >= 0.3 is 0 Å². The lowest BCUT2D eigenvalue weighted by molar-refractivity contribution is -0.0447. The molecule has 3 rings (SSSR count). The first-order chi connectivity index (χ1) is 10.3. The SMILES string of the molecule is [C-]#[N+]c1ccc(Oc2ccc(Br)c(C3OCCO3)c2)cc1. The van der Waals surface area contributed by atoms with Crippen LogP contribution < -0.4 is 4.74 Å². The molecule has 1 saturated heterocycles. The average molecular weight is 346 g/mol. The summed E-state index contributed by atoms with van der Waals surface area (Å²) in [5.74, 6) is 1.38. The summed E-state index contributed by atoms with van der Waals surface area (Å²) in [5.41, 5.74) is 1.49. The molecule has 0 aliphatic carbocycles. The van der Waals surface area contributed by atoms with Gasteiger partial charge in [0.05, 0.1) is 19.8 Å². The molecule has 0 N–H and O–H groups in total. The van der Waals surface area contributed by atoms with Crippen molar-refractivity contribution in [3.05, 3.63) is 63.9 Å². The van der Waals surface area contributed by atoms with Gasteiger partial charge in [0.2, 0.25) is 0 Å². The minimum absolute atomic E-state index is 0.354. The summed E-state index contributed by atoms with van der Waals surface area (Å²) >= 11 is 3.50. The quantitative estimate of drug-likeness (QED) is 0.746. The van der Waals surface area contributed by atoms with Crippen molar-refractivity contribution in [1.82, 2.24) is 0 Å². The van der Waals surface area contributed by atoms with Gasteiger partial charge in [-0.2, -0.15) is 0 Å². The molecule has 1 heterocycles. The summed E-state index contributed by atoms with van der Waals surface area (Å²) in [6.07, 6.45) is -0.354. The number of hydrogen-bond donors (Lipinski definition) is 0. The summed E-state index contributed by atoms with van der Waals surface area (Å²) in [6.45, 7) is 8.13. The third-order valence-electron chi connectivity index (χ3n) is 3.04. The average Bonchev–Trinajstić information content (AvgIpc) is 3.04. The van der Waals surface area contributed by atoms with Gasteiger partial charge in [0.1, 0.15) is 11.5 Å². The first-order valence-electron chi connectivity index (χ1n) is 6.44. The lowest BCUT2D eigenvalue weighted by Gasteiger charge is -2.13. The zero-order valence-electron chi connectivity index (χ0n) is 11.1. The minimum Gasteiger partial charge on any atom is -0.457 e. The highest BCUT2D eigenvalue weighted by molar-refractivity contribution is 9.10. The van der Waals surface area contributed by atoms with Gasteiger partial charge in [-0.25, -0.2) is 4.85 Å². The van der Waals surface area contributed by atoms with Crippen LogP contribution in [0.25, 0.3) is 4.85 Å². The molecule has 1 aliphatic heterocycles. The standard InChI is InChI=1S/C16H12BrNO3/c1-18-11-2-4-12(5-3-11)21-13-6-7-15(17)14(10-13)16-19-8-9-20-16/h2-7,10,16H,8-9H2. The molecule has 2 aromatic rings. The van der Waals surface area contributed by atoms with Gasteiger partial charge in [0.15, 0.2) is 12.0 Å². The Kier molecular flexibility index (Phi) is 4.20. The summed E-state index contributed by atoms with van der Waals surface area (Å²) in [6, 6.07) is 12.7. The number of rotatable bonds is 3. The smallest absolute Gasteiger partial charge is 0.187 e. The Bertz CT molecular complexity index is 673. The second-order valence-electron chi connectivity index (χ2n) is 4.46. The summed E-state index contributed by atoms with van der Waals surface area (Å²) in [5, 5.41) is 0. The fourth-order valence-electron chi connectivity index (χ4n) is 2.03. The van der Waals surface area contributed by atoms with Crippen molar-refractivity contribution < 1.29 is 14.2 Å². The van der Waals surface area contributed by atoms with E-state index in [1.807, 2.05) is 18.2 Å². The molecule has 2 aromatic carbocycles. The Morgan fingerprint density at radius 3 is 2.38 bits per heavy atom. The van der Waals surface area contributed by atoms with Crippen LogP contribution in [-0.2, 0) is 9.47 Å².